The molecule has 18 heavy (non-hydrogen) atoms. The van der Waals surface area contributed by atoms with E-state index in [-0.39, 0.29) is 5.41 Å². The number of halogens is 1. The number of aromatic nitrogens is 2. The molecule has 0 fully saturated rings. The lowest BCUT2D eigenvalue weighted by atomic mass is 9.92. The lowest BCUT2D eigenvalue weighted by Gasteiger charge is -2.21. The van der Waals surface area contributed by atoms with Gasteiger partial charge in [-0.15, -0.1) is 0 Å². The van der Waals surface area contributed by atoms with Crippen molar-refractivity contribution in [1.29, 1.82) is 0 Å². The Balaban J connectivity index is 2.70. The Bertz CT molecular complexity index is 637. The molecule has 2 heterocycles. The van der Waals surface area contributed by atoms with Crippen molar-refractivity contribution in [2.24, 2.45) is 0 Å². The molecule has 0 aliphatic heterocycles. The van der Waals surface area contributed by atoms with E-state index in [1.165, 1.54) is 0 Å². The normalized spacial score (nSPS) is 11.8. The molecule has 3 nitrogen and oxygen atoms in total. The van der Waals surface area contributed by atoms with Crippen molar-refractivity contribution in [3.05, 3.63) is 32.9 Å². The summed E-state index contributed by atoms with van der Waals surface area (Å²) in [4.78, 5) is 7.75. The van der Waals surface area contributed by atoms with Crippen LogP contribution in [0.25, 0.3) is 11.4 Å². The Hall–Kier alpha value is -0.940. The van der Waals surface area contributed by atoms with Crippen LogP contribution in [-0.2, 0) is 5.41 Å². The van der Waals surface area contributed by atoms with Crippen LogP contribution >= 0.6 is 28.1 Å². The number of nitrogens with zero attached hydrogens (tertiary/aromatic N) is 1. The number of nitrogens with one attached hydrogen (secondary N) is 1. The molecule has 0 unspecified atom stereocenters. The number of aromatic amines is 1. The maximum atomic E-state index is 5.31. The van der Waals surface area contributed by atoms with E-state index < -0.39 is 0 Å². The first-order valence-electron chi connectivity index (χ1n) is 5.65. The van der Waals surface area contributed by atoms with Crippen LogP contribution in [0, 0.1) is 11.6 Å². The van der Waals surface area contributed by atoms with Crippen molar-refractivity contribution in [1.82, 2.24) is 9.97 Å². The zero-order valence-electron chi connectivity index (χ0n) is 10.8. The summed E-state index contributed by atoms with van der Waals surface area (Å²) in [6.45, 7) is 8.30. The quantitative estimate of drug-likeness (QED) is 0.767. The van der Waals surface area contributed by atoms with E-state index >= 15 is 0 Å². The van der Waals surface area contributed by atoms with Crippen LogP contribution in [0.1, 0.15) is 32.2 Å². The number of rotatable bonds is 1. The summed E-state index contributed by atoms with van der Waals surface area (Å²) in [7, 11) is 0. The summed E-state index contributed by atoms with van der Waals surface area (Å²) in [5.74, 6) is 1.58. The van der Waals surface area contributed by atoms with Gasteiger partial charge in [-0.1, -0.05) is 33.0 Å². The fourth-order valence-electron chi connectivity index (χ4n) is 1.73. The number of aryl methyl sites for hydroxylation is 1. The molecule has 0 amide bonds. The first-order valence-corrected chi connectivity index (χ1v) is 6.85. The number of hydrogen-bond donors (Lipinski definition) is 1. The average Bonchev–Trinajstić information content (AvgIpc) is 2.66. The third-order valence-electron chi connectivity index (χ3n) is 2.73. The Morgan fingerprint density at radius 1 is 1.39 bits per heavy atom. The zero-order valence-corrected chi connectivity index (χ0v) is 13.2. The van der Waals surface area contributed by atoms with Gasteiger partial charge in [0.15, 0.2) is 0 Å². The fraction of sp³-hybridized carbons (Fsp3) is 0.385. The minimum Gasteiger partial charge on any atom is -0.469 e. The van der Waals surface area contributed by atoms with Crippen molar-refractivity contribution in [2.45, 2.75) is 33.1 Å². The van der Waals surface area contributed by atoms with Gasteiger partial charge in [-0.2, -0.15) is 0 Å². The summed E-state index contributed by atoms with van der Waals surface area (Å²) < 4.78 is 6.73. The molecule has 5 heteroatoms. The number of furan rings is 1. The van der Waals surface area contributed by atoms with Crippen LogP contribution in [0.15, 0.2) is 21.2 Å². The van der Waals surface area contributed by atoms with E-state index in [1.54, 1.807) is 6.26 Å². The maximum Gasteiger partial charge on any atom is 0.144 e. The second kappa shape index (κ2) is 4.63. The molecule has 1 N–H and O–H groups in total. The minimum atomic E-state index is -0.0400. The monoisotopic (exact) mass is 326 g/mol. The second-order valence-corrected chi connectivity index (χ2v) is 6.40. The third kappa shape index (κ3) is 2.42. The zero-order chi connectivity index (χ0) is 13.5. The third-order valence-corrected chi connectivity index (χ3v) is 4.06. The molecule has 2 aromatic heterocycles. The van der Waals surface area contributed by atoms with Crippen LogP contribution in [0.4, 0.5) is 0 Å². The van der Waals surface area contributed by atoms with Gasteiger partial charge >= 0.3 is 0 Å². The van der Waals surface area contributed by atoms with Gasteiger partial charge in [-0.25, -0.2) is 4.98 Å². The lowest BCUT2D eigenvalue weighted by Crippen LogP contribution is -2.16. The summed E-state index contributed by atoms with van der Waals surface area (Å²) in [5, 5.41) is 0. The fourth-order valence-corrected chi connectivity index (χ4v) is 2.71. The number of hydrogen-bond acceptors (Lipinski definition) is 3. The summed E-state index contributed by atoms with van der Waals surface area (Å²) >= 11 is 8.82. The highest BCUT2D eigenvalue weighted by atomic mass is 79.9. The predicted molar refractivity (Wildman–Crippen MR) is 78.3 cm³/mol. The molecular weight excluding hydrogens is 312 g/mol. The first-order chi connectivity index (χ1) is 8.30. The molecule has 96 valence electrons. The number of H-pyrrole nitrogens is 1. The van der Waals surface area contributed by atoms with Crippen LogP contribution in [0.3, 0.4) is 0 Å². The Morgan fingerprint density at radius 3 is 2.56 bits per heavy atom. The Labute approximate surface area is 120 Å². The van der Waals surface area contributed by atoms with Gasteiger partial charge in [0.2, 0.25) is 0 Å². The second-order valence-electron chi connectivity index (χ2n) is 5.22. The SMILES string of the molecule is Cc1occc1-c1nc(=S)c(Br)c(C(C)(C)C)[nH]1. The van der Waals surface area contributed by atoms with Crippen molar-refractivity contribution >= 4 is 28.1 Å². The first kappa shape index (κ1) is 13.5. The van der Waals surface area contributed by atoms with Crippen LogP contribution in [0.2, 0.25) is 0 Å². The average molecular weight is 327 g/mol. The van der Waals surface area contributed by atoms with E-state index in [2.05, 4.69) is 46.7 Å². The molecule has 0 saturated heterocycles. The summed E-state index contributed by atoms with van der Waals surface area (Å²) in [5.41, 5.74) is 1.94. The molecule has 0 saturated carbocycles. The minimum absolute atomic E-state index is 0.0400. The van der Waals surface area contributed by atoms with E-state index in [1.807, 2.05) is 13.0 Å². The molecule has 2 rings (SSSR count). The molecule has 0 aliphatic carbocycles. The van der Waals surface area contributed by atoms with E-state index in [0.29, 0.717) is 4.64 Å². The van der Waals surface area contributed by atoms with Gasteiger partial charge in [0.1, 0.15) is 16.2 Å². The Morgan fingerprint density at radius 2 is 2.06 bits per heavy atom. The molecule has 0 radical (unpaired) electrons. The summed E-state index contributed by atoms with van der Waals surface area (Å²) in [6.07, 6.45) is 1.65. The Kier molecular flexibility index (Phi) is 3.47. The van der Waals surface area contributed by atoms with Crippen LogP contribution in [0.5, 0.6) is 0 Å². The van der Waals surface area contributed by atoms with Crippen molar-refractivity contribution in [3.8, 4) is 11.4 Å². The van der Waals surface area contributed by atoms with Gasteiger partial charge in [-0.05, 0) is 28.9 Å². The van der Waals surface area contributed by atoms with Crippen molar-refractivity contribution in [2.75, 3.05) is 0 Å². The standard InChI is InChI=1S/C13H15BrN2OS/c1-7-8(5-6-17-7)11-15-10(13(2,3)4)9(14)12(18)16-11/h5-6H,1-4H3,(H,15,16,18). The van der Waals surface area contributed by atoms with Gasteiger partial charge in [0.25, 0.3) is 0 Å². The van der Waals surface area contributed by atoms with E-state index in [9.17, 15) is 0 Å². The van der Waals surface area contributed by atoms with Crippen molar-refractivity contribution in [3.63, 3.8) is 0 Å². The van der Waals surface area contributed by atoms with Crippen LogP contribution < -0.4 is 0 Å². The molecule has 0 bridgehead atoms. The molecule has 0 atom stereocenters. The largest absolute Gasteiger partial charge is 0.469 e. The molecule has 0 aromatic carbocycles. The highest BCUT2D eigenvalue weighted by Gasteiger charge is 2.21. The van der Waals surface area contributed by atoms with E-state index in [0.717, 1.165) is 27.3 Å². The molecule has 0 spiro atoms. The maximum absolute atomic E-state index is 5.31. The highest BCUT2D eigenvalue weighted by molar-refractivity contribution is 9.10. The summed E-state index contributed by atoms with van der Waals surface area (Å²) in [6, 6.07) is 1.89. The lowest BCUT2D eigenvalue weighted by molar-refractivity contribution is 0.534. The molecule has 0 aliphatic rings. The van der Waals surface area contributed by atoms with Crippen LogP contribution in [-0.4, -0.2) is 9.97 Å². The van der Waals surface area contributed by atoms with Gasteiger partial charge in [0, 0.05) is 11.1 Å². The molecule has 2 aromatic rings. The predicted octanol–water partition coefficient (Wildman–Crippen LogP) is 4.77. The highest BCUT2D eigenvalue weighted by Crippen LogP contribution is 2.31. The van der Waals surface area contributed by atoms with Gasteiger partial charge in [0.05, 0.1) is 16.3 Å². The van der Waals surface area contributed by atoms with E-state index in [4.69, 9.17) is 16.6 Å². The smallest absolute Gasteiger partial charge is 0.144 e. The van der Waals surface area contributed by atoms with Gasteiger partial charge in [-0.3, -0.25) is 0 Å². The van der Waals surface area contributed by atoms with Gasteiger partial charge < -0.3 is 9.40 Å². The molecular formula is C13H15BrN2OS. The topological polar surface area (TPSA) is 41.8 Å². The van der Waals surface area contributed by atoms with Crippen molar-refractivity contribution < 1.29 is 4.42 Å².